The molecule has 1 fully saturated rings. The van der Waals surface area contributed by atoms with E-state index < -0.39 is 5.66 Å². The van der Waals surface area contributed by atoms with Crippen molar-refractivity contribution < 1.29 is 4.79 Å². The maximum absolute atomic E-state index is 13.5. The summed E-state index contributed by atoms with van der Waals surface area (Å²) >= 11 is 11.9. The molecule has 0 N–H and O–H groups in total. The molecule has 0 unspecified atom stereocenters. The first kappa shape index (κ1) is 19.2. The van der Waals surface area contributed by atoms with Gasteiger partial charge in [-0.15, -0.1) is 0 Å². The van der Waals surface area contributed by atoms with Gasteiger partial charge in [-0.2, -0.15) is 0 Å². The number of rotatable bonds is 3. The van der Waals surface area contributed by atoms with Crippen LogP contribution in [0.1, 0.15) is 35.7 Å². The van der Waals surface area contributed by atoms with Crippen LogP contribution in [0.4, 0.5) is 0 Å². The maximum atomic E-state index is 13.5. The zero-order chi connectivity index (χ0) is 19.7. The number of nitrogens with zero attached hydrogens (tertiary/aromatic N) is 3. The van der Waals surface area contributed by atoms with Gasteiger partial charge in [-0.25, -0.2) is 0 Å². The first-order chi connectivity index (χ1) is 13.5. The number of piperidine rings is 1. The van der Waals surface area contributed by atoms with Crippen molar-refractivity contribution in [3.63, 3.8) is 0 Å². The van der Waals surface area contributed by atoms with Crippen LogP contribution in [-0.4, -0.2) is 51.7 Å². The molecule has 28 heavy (non-hydrogen) atoms. The highest BCUT2D eigenvalue weighted by atomic mass is 35.5. The number of aliphatic imine (C=N–C) groups is 1. The topological polar surface area (TPSA) is 35.9 Å². The van der Waals surface area contributed by atoms with Gasteiger partial charge in [0.05, 0.1) is 0 Å². The van der Waals surface area contributed by atoms with E-state index in [1.807, 2.05) is 30.3 Å². The SMILES string of the molecule is CCN1CCC2(CC1)N=C(c1ccccc1)C(=S)N2C(=O)c1cccc(Cl)c1. The standard InChI is InChI=1S/C22H22ClN3OS/c1-2-25-13-11-22(12-14-25)24-19(16-7-4-3-5-8-16)21(28)26(22)20(27)17-9-6-10-18(23)15-17/h3-10,15H,2,11-14H2,1H3. The second kappa shape index (κ2) is 7.74. The molecule has 4 nitrogen and oxygen atoms in total. The van der Waals surface area contributed by atoms with Crippen LogP contribution in [-0.2, 0) is 0 Å². The molecule has 2 aromatic carbocycles. The molecule has 1 spiro atoms. The third kappa shape index (κ3) is 3.39. The molecule has 0 atom stereocenters. The number of carbonyl (C=O) groups excluding carboxylic acids is 1. The third-order valence-corrected chi connectivity index (χ3v) is 6.18. The molecule has 2 aromatic rings. The number of hydrogen-bond donors (Lipinski definition) is 0. The number of thiocarbonyl (C=S) groups is 1. The van der Waals surface area contributed by atoms with E-state index in [1.165, 1.54) is 0 Å². The first-order valence-corrected chi connectivity index (χ1v) is 10.3. The Bertz CT molecular complexity index is 936. The van der Waals surface area contributed by atoms with Crippen LogP contribution < -0.4 is 0 Å². The van der Waals surface area contributed by atoms with Crippen LogP contribution >= 0.6 is 23.8 Å². The fourth-order valence-corrected chi connectivity index (χ4v) is 4.59. The van der Waals surface area contributed by atoms with Crippen molar-refractivity contribution >= 4 is 40.4 Å². The Balaban J connectivity index is 1.75. The Kier molecular flexibility index (Phi) is 5.32. The van der Waals surface area contributed by atoms with E-state index in [2.05, 4.69) is 11.8 Å². The van der Waals surface area contributed by atoms with Crippen molar-refractivity contribution in [1.82, 2.24) is 9.80 Å². The van der Waals surface area contributed by atoms with E-state index >= 15 is 0 Å². The molecule has 6 heteroatoms. The first-order valence-electron chi connectivity index (χ1n) is 9.56. The largest absolute Gasteiger partial charge is 0.303 e. The summed E-state index contributed by atoms with van der Waals surface area (Å²) in [6.45, 7) is 4.94. The van der Waals surface area contributed by atoms with E-state index in [1.54, 1.807) is 29.2 Å². The van der Waals surface area contributed by atoms with Gasteiger partial charge in [0.1, 0.15) is 16.4 Å². The van der Waals surface area contributed by atoms with Gasteiger partial charge < -0.3 is 4.90 Å². The summed E-state index contributed by atoms with van der Waals surface area (Å²) in [7, 11) is 0. The summed E-state index contributed by atoms with van der Waals surface area (Å²) in [6.07, 6.45) is 1.53. The van der Waals surface area contributed by atoms with Gasteiger partial charge in [0.25, 0.3) is 5.91 Å². The van der Waals surface area contributed by atoms with Crippen molar-refractivity contribution in [3.8, 4) is 0 Å². The van der Waals surface area contributed by atoms with Crippen LogP contribution in [0.5, 0.6) is 0 Å². The van der Waals surface area contributed by atoms with Crippen molar-refractivity contribution in [2.24, 2.45) is 4.99 Å². The van der Waals surface area contributed by atoms with Crippen molar-refractivity contribution in [2.45, 2.75) is 25.4 Å². The third-order valence-electron chi connectivity index (χ3n) is 5.57. The minimum absolute atomic E-state index is 0.132. The van der Waals surface area contributed by atoms with Gasteiger partial charge >= 0.3 is 0 Å². The molecule has 144 valence electrons. The summed E-state index contributed by atoms with van der Waals surface area (Å²) < 4.78 is 0. The van der Waals surface area contributed by atoms with Crippen LogP contribution in [0.25, 0.3) is 0 Å². The smallest absolute Gasteiger partial charge is 0.261 e. The quantitative estimate of drug-likeness (QED) is 0.701. The van der Waals surface area contributed by atoms with E-state index in [-0.39, 0.29) is 5.91 Å². The van der Waals surface area contributed by atoms with Crippen molar-refractivity contribution in [2.75, 3.05) is 19.6 Å². The molecule has 0 radical (unpaired) electrons. The Morgan fingerprint density at radius 1 is 1.14 bits per heavy atom. The monoisotopic (exact) mass is 411 g/mol. The molecule has 4 rings (SSSR count). The van der Waals surface area contributed by atoms with Gasteiger partial charge in [0.2, 0.25) is 0 Å². The molecule has 0 saturated carbocycles. The van der Waals surface area contributed by atoms with Gasteiger partial charge in [-0.3, -0.25) is 14.7 Å². The lowest BCUT2D eigenvalue weighted by Crippen LogP contribution is -2.55. The average molecular weight is 412 g/mol. The number of carbonyl (C=O) groups is 1. The molecule has 2 aliphatic rings. The molecular formula is C22H22ClN3OS. The Labute approximate surface area is 175 Å². The second-order valence-corrected chi connectivity index (χ2v) is 8.02. The van der Waals surface area contributed by atoms with Gasteiger partial charge in [-0.05, 0) is 24.7 Å². The highest BCUT2D eigenvalue weighted by molar-refractivity contribution is 7.82. The Morgan fingerprint density at radius 2 is 1.86 bits per heavy atom. The van der Waals surface area contributed by atoms with Gasteiger partial charge in [-0.1, -0.05) is 67.1 Å². The summed E-state index contributed by atoms with van der Waals surface area (Å²) in [5, 5.41) is 0.537. The zero-order valence-electron chi connectivity index (χ0n) is 15.8. The fourth-order valence-electron chi connectivity index (χ4n) is 3.98. The van der Waals surface area contributed by atoms with Crippen LogP contribution in [0.2, 0.25) is 5.02 Å². The van der Waals surface area contributed by atoms with Crippen LogP contribution in [0, 0.1) is 0 Å². The number of halogens is 1. The van der Waals surface area contributed by atoms with E-state index in [4.69, 9.17) is 28.8 Å². The highest BCUT2D eigenvalue weighted by Crippen LogP contribution is 2.38. The number of amides is 1. The molecule has 0 aliphatic carbocycles. The molecule has 0 bridgehead atoms. The van der Waals surface area contributed by atoms with Crippen molar-refractivity contribution in [1.29, 1.82) is 0 Å². The van der Waals surface area contributed by atoms with Crippen LogP contribution in [0.15, 0.2) is 59.6 Å². The lowest BCUT2D eigenvalue weighted by atomic mass is 9.95. The minimum atomic E-state index is -0.618. The summed E-state index contributed by atoms with van der Waals surface area (Å²) in [6, 6.07) is 16.9. The van der Waals surface area contributed by atoms with Crippen molar-refractivity contribution in [3.05, 3.63) is 70.7 Å². The average Bonchev–Trinajstić information content (AvgIpc) is 3.00. The molecule has 1 saturated heterocycles. The number of benzene rings is 2. The van der Waals surface area contributed by atoms with Gasteiger partial charge in [0, 0.05) is 42.1 Å². The van der Waals surface area contributed by atoms with Gasteiger partial charge in [0.15, 0.2) is 0 Å². The Hall–Kier alpha value is -2.08. The van der Waals surface area contributed by atoms with E-state index in [0.29, 0.717) is 15.6 Å². The lowest BCUT2D eigenvalue weighted by molar-refractivity contribution is 0.0544. The van der Waals surface area contributed by atoms with E-state index in [0.717, 1.165) is 43.8 Å². The van der Waals surface area contributed by atoms with E-state index in [9.17, 15) is 4.79 Å². The fraction of sp³-hybridized carbons (Fsp3) is 0.318. The normalized spacial score (nSPS) is 19.1. The summed E-state index contributed by atoms with van der Waals surface area (Å²) in [4.78, 5) is 23.2. The summed E-state index contributed by atoms with van der Waals surface area (Å²) in [5.74, 6) is -0.132. The zero-order valence-corrected chi connectivity index (χ0v) is 17.3. The second-order valence-electron chi connectivity index (χ2n) is 7.20. The molecule has 0 aromatic heterocycles. The highest BCUT2D eigenvalue weighted by Gasteiger charge is 2.49. The molecule has 2 heterocycles. The number of likely N-dealkylation sites (tertiary alicyclic amines) is 1. The molecule has 1 amide bonds. The predicted molar refractivity (Wildman–Crippen MR) is 117 cm³/mol. The lowest BCUT2D eigenvalue weighted by Gasteiger charge is -2.42. The van der Waals surface area contributed by atoms with Crippen LogP contribution in [0.3, 0.4) is 0 Å². The predicted octanol–water partition coefficient (Wildman–Crippen LogP) is 4.42. The summed E-state index contributed by atoms with van der Waals surface area (Å²) in [5.41, 5.74) is 1.60. The molecule has 2 aliphatic heterocycles. The minimum Gasteiger partial charge on any atom is -0.303 e. The maximum Gasteiger partial charge on any atom is 0.261 e. The number of hydrogen-bond acceptors (Lipinski definition) is 4. The molecular weight excluding hydrogens is 390 g/mol. The Morgan fingerprint density at radius 3 is 2.50 bits per heavy atom.